The Morgan fingerprint density at radius 2 is 1.78 bits per heavy atom. The molecule has 0 aliphatic carbocycles. The van der Waals surface area contributed by atoms with E-state index in [9.17, 15) is 0 Å². The van der Waals surface area contributed by atoms with Crippen molar-refractivity contribution in [1.29, 1.82) is 0 Å². The molecule has 0 bridgehead atoms. The molecule has 0 saturated heterocycles. The van der Waals surface area contributed by atoms with Crippen molar-refractivity contribution in [3.63, 3.8) is 0 Å². The number of rotatable bonds is 2. The molecule has 3 nitrogen and oxygen atoms in total. The highest BCUT2D eigenvalue weighted by molar-refractivity contribution is 9.10. The quantitative estimate of drug-likeness (QED) is 0.689. The summed E-state index contributed by atoms with van der Waals surface area (Å²) in [4.78, 5) is 0. The summed E-state index contributed by atoms with van der Waals surface area (Å²) < 4.78 is 2.43. The molecule has 0 radical (unpaired) electrons. The van der Waals surface area contributed by atoms with Gasteiger partial charge in [0.15, 0.2) is 0 Å². The lowest BCUT2D eigenvalue weighted by Crippen LogP contribution is -2.04. The highest BCUT2D eigenvalue weighted by Gasteiger charge is 2.19. The van der Waals surface area contributed by atoms with Gasteiger partial charge in [-0.25, -0.2) is 0 Å². The SMILES string of the molecule is CC(C)c1nnc(Cl)n1-c1ccc(Br)c(Cl)c1Cl. The second-order valence-electron chi connectivity index (χ2n) is 4.01. The van der Waals surface area contributed by atoms with E-state index in [4.69, 9.17) is 34.8 Å². The van der Waals surface area contributed by atoms with Crippen molar-refractivity contribution in [2.24, 2.45) is 0 Å². The number of halogens is 4. The second kappa shape index (κ2) is 5.37. The Morgan fingerprint density at radius 1 is 1.11 bits per heavy atom. The zero-order chi connectivity index (χ0) is 13.4. The van der Waals surface area contributed by atoms with Gasteiger partial charge in [-0.15, -0.1) is 10.2 Å². The number of aromatic nitrogens is 3. The number of nitrogens with zero attached hydrogens (tertiary/aromatic N) is 3. The van der Waals surface area contributed by atoms with Crippen LogP contribution in [0.2, 0.25) is 15.3 Å². The highest BCUT2D eigenvalue weighted by atomic mass is 79.9. The highest BCUT2D eigenvalue weighted by Crippen LogP contribution is 2.36. The fraction of sp³-hybridized carbons (Fsp3) is 0.273. The summed E-state index contributed by atoms with van der Waals surface area (Å²) in [5, 5.41) is 9.04. The van der Waals surface area contributed by atoms with Crippen molar-refractivity contribution >= 4 is 50.7 Å². The van der Waals surface area contributed by atoms with E-state index in [1.165, 1.54) is 0 Å². The summed E-state index contributed by atoms with van der Waals surface area (Å²) in [7, 11) is 0. The molecule has 1 aromatic carbocycles. The minimum Gasteiger partial charge on any atom is -0.268 e. The lowest BCUT2D eigenvalue weighted by Gasteiger charge is -2.13. The van der Waals surface area contributed by atoms with Gasteiger partial charge in [0.2, 0.25) is 5.28 Å². The maximum Gasteiger partial charge on any atom is 0.229 e. The van der Waals surface area contributed by atoms with Crippen LogP contribution in [0, 0.1) is 0 Å². The molecule has 0 aliphatic rings. The average Bonchev–Trinajstić information content (AvgIpc) is 2.69. The van der Waals surface area contributed by atoms with Gasteiger partial charge in [0.25, 0.3) is 0 Å². The molecule has 7 heteroatoms. The number of hydrogen-bond donors (Lipinski definition) is 0. The Balaban J connectivity index is 2.70. The van der Waals surface area contributed by atoms with Crippen LogP contribution < -0.4 is 0 Å². The van der Waals surface area contributed by atoms with Crippen molar-refractivity contribution in [2.45, 2.75) is 19.8 Å². The van der Waals surface area contributed by atoms with E-state index in [-0.39, 0.29) is 11.2 Å². The van der Waals surface area contributed by atoms with Crippen LogP contribution in [0.5, 0.6) is 0 Å². The van der Waals surface area contributed by atoms with Gasteiger partial charge in [0, 0.05) is 10.4 Å². The molecule has 96 valence electrons. The molecule has 2 aromatic rings. The van der Waals surface area contributed by atoms with Crippen molar-refractivity contribution in [3.05, 3.63) is 37.8 Å². The first-order valence-corrected chi connectivity index (χ1v) is 7.10. The molecule has 1 aromatic heterocycles. The Labute approximate surface area is 128 Å². The summed E-state index contributed by atoms with van der Waals surface area (Å²) >= 11 is 21.7. The van der Waals surface area contributed by atoms with Crippen LogP contribution in [0.3, 0.4) is 0 Å². The fourth-order valence-electron chi connectivity index (χ4n) is 1.56. The molecule has 0 aliphatic heterocycles. The first-order valence-electron chi connectivity index (χ1n) is 5.18. The van der Waals surface area contributed by atoms with Gasteiger partial charge in [-0.3, -0.25) is 4.57 Å². The standard InChI is InChI=1S/C11H9BrCl3N3/c1-5(2)10-16-17-11(15)18(10)7-4-3-6(12)8(13)9(7)14/h3-5H,1-2H3. The van der Waals surface area contributed by atoms with Crippen molar-refractivity contribution in [1.82, 2.24) is 14.8 Å². The first-order chi connectivity index (χ1) is 8.43. The Hall–Kier alpha value is -0.290. The van der Waals surface area contributed by atoms with Gasteiger partial charge in [0.05, 0.1) is 15.7 Å². The number of hydrogen-bond acceptors (Lipinski definition) is 2. The third kappa shape index (κ3) is 2.39. The maximum atomic E-state index is 6.24. The third-order valence-corrected chi connectivity index (χ3v) is 4.43. The molecule has 0 N–H and O–H groups in total. The minimum absolute atomic E-state index is 0.170. The lowest BCUT2D eigenvalue weighted by molar-refractivity contribution is 0.745. The van der Waals surface area contributed by atoms with Crippen LogP contribution in [-0.4, -0.2) is 14.8 Å². The second-order valence-corrected chi connectivity index (χ2v) is 5.96. The third-order valence-electron chi connectivity index (χ3n) is 2.42. The van der Waals surface area contributed by atoms with Crippen LogP contribution in [0.25, 0.3) is 5.69 Å². The molecule has 0 saturated carbocycles. The van der Waals surface area contributed by atoms with E-state index in [0.717, 1.165) is 10.3 Å². The molecule has 0 unspecified atom stereocenters. The van der Waals surface area contributed by atoms with Crippen LogP contribution in [-0.2, 0) is 0 Å². The summed E-state index contributed by atoms with van der Waals surface area (Å²) in [5.41, 5.74) is 0.670. The lowest BCUT2D eigenvalue weighted by atomic mass is 10.2. The topological polar surface area (TPSA) is 30.7 Å². The van der Waals surface area contributed by atoms with Crippen molar-refractivity contribution in [3.8, 4) is 5.69 Å². The first kappa shape index (κ1) is 14.1. The minimum atomic E-state index is 0.170. The van der Waals surface area contributed by atoms with Crippen molar-refractivity contribution in [2.75, 3.05) is 0 Å². The molecule has 2 rings (SSSR count). The van der Waals surface area contributed by atoms with Crippen LogP contribution in [0.15, 0.2) is 16.6 Å². The van der Waals surface area contributed by atoms with Gasteiger partial charge in [-0.2, -0.15) is 0 Å². The van der Waals surface area contributed by atoms with E-state index >= 15 is 0 Å². The zero-order valence-corrected chi connectivity index (χ0v) is 13.4. The van der Waals surface area contributed by atoms with Crippen LogP contribution in [0.1, 0.15) is 25.6 Å². The smallest absolute Gasteiger partial charge is 0.229 e. The van der Waals surface area contributed by atoms with Gasteiger partial charge in [-0.1, -0.05) is 37.0 Å². The normalized spacial score (nSPS) is 11.3. The molecule has 0 fully saturated rings. The molecular weight excluding hydrogens is 360 g/mol. The van der Waals surface area contributed by atoms with Crippen LogP contribution in [0.4, 0.5) is 0 Å². The van der Waals surface area contributed by atoms with E-state index in [1.54, 1.807) is 4.57 Å². The predicted molar refractivity (Wildman–Crippen MR) is 78.2 cm³/mol. The van der Waals surface area contributed by atoms with E-state index in [2.05, 4.69) is 26.1 Å². The van der Waals surface area contributed by atoms with Gasteiger partial charge in [-0.05, 0) is 39.7 Å². The van der Waals surface area contributed by atoms with Gasteiger partial charge in [0.1, 0.15) is 5.82 Å². The summed E-state index contributed by atoms with van der Waals surface area (Å²) in [5.74, 6) is 0.906. The fourth-order valence-corrected chi connectivity index (χ4v) is 2.63. The van der Waals surface area contributed by atoms with E-state index in [1.807, 2.05) is 26.0 Å². The summed E-state index contributed by atoms with van der Waals surface area (Å²) in [6.07, 6.45) is 0. The molecule has 0 spiro atoms. The molecule has 0 amide bonds. The Bertz CT molecular complexity index is 595. The molecular formula is C11H9BrCl3N3. The maximum absolute atomic E-state index is 6.24. The van der Waals surface area contributed by atoms with E-state index < -0.39 is 0 Å². The van der Waals surface area contributed by atoms with E-state index in [0.29, 0.717) is 15.7 Å². The monoisotopic (exact) mass is 367 g/mol. The predicted octanol–water partition coefficient (Wildman–Crippen LogP) is 5.11. The number of benzene rings is 1. The summed E-state index contributed by atoms with van der Waals surface area (Å²) in [6.45, 7) is 4.01. The average molecular weight is 369 g/mol. The summed E-state index contributed by atoms with van der Waals surface area (Å²) in [6, 6.07) is 3.63. The van der Waals surface area contributed by atoms with Gasteiger partial charge < -0.3 is 0 Å². The molecule has 0 atom stereocenters. The van der Waals surface area contributed by atoms with Crippen molar-refractivity contribution < 1.29 is 0 Å². The zero-order valence-electron chi connectivity index (χ0n) is 9.59. The molecule has 1 heterocycles. The Kier molecular flexibility index (Phi) is 4.22. The van der Waals surface area contributed by atoms with Gasteiger partial charge >= 0.3 is 0 Å². The molecule has 18 heavy (non-hydrogen) atoms. The Morgan fingerprint density at radius 3 is 2.39 bits per heavy atom. The van der Waals surface area contributed by atoms with Crippen LogP contribution >= 0.6 is 50.7 Å². The largest absolute Gasteiger partial charge is 0.268 e.